The van der Waals surface area contributed by atoms with E-state index in [1.165, 1.54) is 4.90 Å². The molecule has 0 aromatic heterocycles. The molecule has 1 unspecified atom stereocenters. The van der Waals surface area contributed by atoms with Crippen molar-refractivity contribution >= 4 is 11.8 Å². The minimum Gasteiger partial charge on any atom is -0.317 e. The average molecular weight is 272 g/mol. The number of carbonyl (C=O) groups is 2. The van der Waals surface area contributed by atoms with Crippen molar-refractivity contribution < 1.29 is 9.59 Å². The molecule has 0 radical (unpaired) electrons. The molecule has 1 atom stereocenters. The number of hydrogen-bond acceptors (Lipinski definition) is 3. The highest BCUT2D eigenvalue weighted by atomic mass is 16.2. The van der Waals surface area contributed by atoms with Crippen LogP contribution in [0.2, 0.25) is 0 Å². The largest absolute Gasteiger partial charge is 0.317 e. The van der Waals surface area contributed by atoms with Crippen molar-refractivity contribution in [2.24, 2.45) is 0 Å². The van der Waals surface area contributed by atoms with Crippen LogP contribution in [0, 0.1) is 13.8 Å². The molecular formula is C16H20N2O2. The fourth-order valence-corrected chi connectivity index (χ4v) is 3.29. The quantitative estimate of drug-likeness (QED) is 0.796. The number of amides is 2. The lowest BCUT2D eigenvalue weighted by Gasteiger charge is -2.24. The number of fused-ring (bicyclic) bond motifs is 1. The maximum absolute atomic E-state index is 12.7. The molecule has 2 heterocycles. The van der Waals surface area contributed by atoms with E-state index in [1.54, 1.807) is 0 Å². The Morgan fingerprint density at radius 1 is 1.00 bits per heavy atom. The SMILES string of the molecule is Cc1ccc(C)c2c1C(=O)N(C1CCCNCC1)C2=O. The molecule has 0 aliphatic carbocycles. The van der Waals surface area contributed by atoms with Gasteiger partial charge in [-0.05, 0) is 57.3 Å². The zero-order chi connectivity index (χ0) is 14.3. The number of carbonyl (C=O) groups excluding carboxylic acids is 2. The van der Waals surface area contributed by atoms with Crippen LogP contribution in [0.15, 0.2) is 12.1 Å². The van der Waals surface area contributed by atoms with Gasteiger partial charge in [-0.3, -0.25) is 14.5 Å². The Balaban J connectivity index is 2.00. The van der Waals surface area contributed by atoms with E-state index >= 15 is 0 Å². The molecule has 2 aliphatic rings. The fourth-order valence-electron chi connectivity index (χ4n) is 3.29. The van der Waals surface area contributed by atoms with Crippen LogP contribution in [0.3, 0.4) is 0 Å². The molecule has 4 nitrogen and oxygen atoms in total. The summed E-state index contributed by atoms with van der Waals surface area (Å²) in [6, 6.07) is 3.89. The first-order valence-corrected chi connectivity index (χ1v) is 7.30. The zero-order valence-corrected chi connectivity index (χ0v) is 12.0. The topological polar surface area (TPSA) is 49.4 Å². The van der Waals surface area contributed by atoms with Crippen LogP contribution >= 0.6 is 0 Å². The van der Waals surface area contributed by atoms with E-state index in [-0.39, 0.29) is 17.9 Å². The summed E-state index contributed by atoms with van der Waals surface area (Å²) in [6.45, 7) is 5.65. The Labute approximate surface area is 119 Å². The Hall–Kier alpha value is -1.68. The normalized spacial score (nSPS) is 22.9. The highest BCUT2D eigenvalue weighted by Crippen LogP contribution is 2.31. The number of imide groups is 1. The second kappa shape index (κ2) is 5.02. The third kappa shape index (κ3) is 1.95. The second-order valence-electron chi connectivity index (χ2n) is 5.76. The molecule has 2 aliphatic heterocycles. The van der Waals surface area contributed by atoms with Gasteiger partial charge < -0.3 is 5.32 Å². The van der Waals surface area contributed by atoms with Gasteiger partial charge >= 0.3 is 0 Å². The van der Waals surface area contributed by atoms with Crippen molar-refractivity contribution in [2.45, 2.75) is 39.2 Å². The zero-order valence-electron chi connectivity index (χ0n) is 12.0. The molecule has 106 valence electrons. The van der Waals surface area contributed by atoms with E-state index in [4.69, 9.17) is 0 Å². The number of benzene rings is 1. The van der Waals surface area contributed by atoms with Crippen molar-refractivity contribution in [2.75, 3.05) is 13.1 Å². The molecule has 1 aromatic rings. The highest BCUT2D eigenvalue weighted by molar-refractivity contribution is 6.22. The first-order chi connectivity index (χ1) is 9.61. The van der Waals surface area contributed by atoms with Crippen molar-refractivity contribution in [3.63, 3.8) is 0 Å². The minimum atomic E-state index is -0.0990. The molecule has 2 amide bonds. The lowest BCUT2D eigenvalue weighted by Crippen LogP contribution is -2.40. The maximum atomic E-state index is 12.7. The van der Waals surface area contributed by atoms with Gasteiger partial charge in [-0.1, -0.05) is 12.1 Å². The molecule has 1 fully saturated rings. The number of nitrogens with zero attached hydrogens (tertiary/aromatic N) is 1. The van der Waals surface area contributed by atoms with Crippen LogP contribution in [0.25, 0.3) is 0 Å². The van der Waals surface area contributed by atoms with Crippen LogP contribution in [0.4, 0.5) is 0 Å². The molecule has 1 saturated heterocycles. The molecule has 4 heteroatoms. The van der Waals surface area contributed by atoms with Gasteiger partial charge in [0.25, 0.3) is 11.8 Å². The van der Waals surface area contributed by atoms with E-state index in [0.717, 1.165) is 43.5 Å². The van der Waals surface area contributed by atoms with E-state index in [2.05, 4.69) is 5.32 Å². The standard InChI is InChI=1S/C16H20N2O2/c1-10-5-6-11(2)14-13(10)15(19)18(16(14)20)12-4-3-8-17-9-7-12/h5-6,12,17H,3-4,7-9H2,1-2H3. The van der Waals surface area contributed by atoms with Crippen molar-refractivity contribution in [1.29, 1.82) is 0 Å². The number of nitrogens with one attached hydrogen (secondary N) is 1. The smallest absolute Gasteiger partial charge is 0.262 e. The van der Waals surface area contributed by atoms with Crippen LogP contribution in [0.1, 0.15) is 51.1 Å². The summed E-state index contributed by atoms with van der Waals surface area (Å²) in [5.41, 5.74) is 3.04. The first kappa shape index (κ1) is 13.3. The van der Waals surface area contributed by atoms with Crippen LogP contribution in [-0.2, 0) is 0 Å². The molecule has 3 rings (SSSR count). The fraction of sp³-hybridized carbons (Fsp3) is 0.500. The van der Waals surface area contributed by atoms with Gasteiger partial charge in [-0.15, -0.1) is 0 Å². The van der Waals surface area contributed by atoms with E-state index in [9.17, 15) is 9.59 Å². The van der Waals surface area contributed by atoms with Gasteiger partial charge in [0.2, 0.25) is 0 Å². The summed E-state index contributed by atoms with van der Waals surface area (Å²) in [5.74, 6) is -0.198. The molecular weight excluding hydrogens is 252 g/mol. The predicted molar refractivity (Wildman–Crippen MR) is 76.9 cm³/mol. The van der Waals surface area contributed by atoms with E-state index < -0.39 is 0 Å². The lowest BCUT2D eigenvalue weighted by molar-refractivity contribution is 0.0572. The monoisotopic (exact) mass is 272 g/mol. The van der Waals surface area contributed by atoms with E-state index in [1.807, 2.05) is 26.0 Å². The molecule has 0 spiro atoms. The number of hydrogen-bond donors (Lipinski definition) is 1. The summed E-state index contributed by atoms with van der Waals surface area (Å²) >= 11 is 0. The van der Waals surface area contributed by atoms with Gasteiger partial charge in [0, 0.05) is 6.04 Å². The third-order valence-corrected chi connectivity index (χ3v) is 4.40. The van der Waals surface area contributed by atoms with Crippen molar-refractivity contribution in [3.8, 4) is 0 Å². The summed E-state index contributed by atoms with van der Waals surface area (Å²) < 4.78 is 0. The maximum Gasteiger partial charge on any atom is 0.262 e. The molecule has 20 heavy (non-hydrogen) atoms. The van der Waals surface area contributed by atoms with Crippen molar-refractivity contribution in [3.05, 3.63) is 34.4 Å². The Morgan fingerprint density at radius 2 is 1.60 bits per heavy atom. The molecule has 1 N–H and O–H groups in total. The Kier molecular flexibility index (Phi) is 3.34. The van der Waals surface area contributed by atoms with E-state index in [0.29, 0.717) is 11.1 Å². The number of rotatable bonds is 1. The van der Waals surface area contributed by atoms with Crippen LogP contribution in [0.5, 0.6) is 0 Å². The Bertz CT molecular complexity index is 531. The molecule has 0 saturated carbocycles. The average Bonchev–Trinajstić information content (AvgIpc) is 2.62. The number of aryl methyl sites for hydroxylation is 2. The summed E-state index contributed by atoms with van der Waals surface area (Å²) in [6.07, 6.45) is 2.76. The highest BCUT2D eigenvalue weighted by Gasteiger charge is 2.41. The second-order valence-corrected chi connectivity index (χ2v) is 5.76. The molecule has 1 aromatic carbocycles. The summed E-state index contributed by atoms with van der Waals surface area (Å²) in [4.78, 5) is 26.9. The van der Waals surface area contributed by atoms with Crippen LogP contribution < -0.4 is 5.32 Å². The Morgan fingerprint density at radius 3 is 2.20 bits per heavy atom. The summed E-state index contributed by atoms with van der Waals surface area (Å²) in [7, 11) is 0. The van der Waals surface area contributed by atoms with Gasteiger partial charge in [-0.25, -0.2) is 0 Å². The van der Waals surface area contributed by atoms with Crippen LogP contribution in [-0.4, -0.2) is 35.8 Å². The van der Waals surface area contributed by atoms with Crippen molar-refractivity contribution in [1.82, 2.24) is 10.2 Å². The van der Waals surface area contributed by atoms with Gasteiger partial charge in [-0.2, -0.15) is 0 Å². The first-order valence-electron chi connectivity index (χ1n) is 7.30. The predicted octanol–water partition coefficient (Wildman–Crippen LogP) is 2.04. The van der Waals surface area contributed by atoms with Gasteiger partial charge in [0.15, 0.2) is 0 Å². The van der Waals surface area contributed by atoms with Gasteiger partial charge in [0.1, 0.15) is 0 Å². The third-order valence-electron chi connectivity index (χ3n) is 4.40. The van der Waals surface area contributed by atoms with Gasteiger partial charge in [0.05, 0.1) is 11.1 Å². The molecule has 0 bridgehead atoms. The lowest BCUT2D eigenvalue weighted by atomic mass is 9.99. The minimum absolute atomic E-state index is 0.0381. The summed E-state index contributed by atoms with van der Waals surface area (Å²) in [5, 5.41) is 3.33.